The van der Waals surface area contributed by atoms with Gasteiger partial charge in [-0.25, -0.2) is 0 Å². The highest BCUT2D eigenvalue weighted by Crippen LogP contribution is 2.34. The molecule has 1 N–H and O–H groups in total. The molecule has 2 aliphatic rings. The lowest BCUT2D eigenvalue weighted by molar-refractivity contribution is -0.117. The predicted molar refractivity (Wildman–Crippen MR) is 90.7 cm³/mol. The van der Waals surface area contributed by atoms with Gasteiger partial charge in [0.15, 0.2) is 0 Å². The fraction of sp³-hybridized carbons (Fsp3) is 0.556. The van der Waals surface area contributed by atoms with Gasteiger partial charge in [0.2, 0.25) is 0 Å². The molecule has 2 fully saturated rings. The highest BCUT2D eigenvalue weighted by Gasteiger charge is 2.39. The molecule has 0 bridgehead atoms. The zero-order valence-electron chi connectivity index (χ0n) is 14.1. The van der Waals surface area contributed by atoms with Crippen LogP contribution >= 0.6 is 0 Å². The first-order chi connectivity index (χ1) is 11.7. The Bertz CT molecular complexity index is 721. The maximum Gasteiger partial charge on any atom is 0.272 e. The van der Waals surface area contributed by atoms with Gasteiger partial charge in [-0.1, -0.05) is 19.3 Å². The average molecular weight is 328 g/mol. The number of rotatable bonds is 2. The van der Waals surface area contributed by atoms with Crippen molar-refractivity contribution in [3.63, 3.8) is 0 Å². The number of aromatic amines is 1. The molecule has 1 saturated carbocycles. The number of ether oxygens (including phenoxy) is 1. The number of morpholine rings is 1. The minimum Gasteiger partial charge on any atom is -0.371 e. The Morgan fingerprint density at radius 1 is 1.33 bits per heavy atom. The summed E-state index contributed by atoms with van der Waals surface area (Å²) in [5.41, 5.74) is 2.26. The first-order valence-corrected chi connectivity index (χ1v) is 8.76. The van der Waals surface area contributed by atoms with E-state index >= 15 is 0 Å². The summed E-state index contributed by atoms with van der Waals surface area (Å²) >= 11 is 0. The number of nitrogens with zero attached hydrogens (tertiary/aromatic N) is 3. The minimum atomic E-state index is -0.117. The largest absolute Gasteiger partial charge is 0.371 e. The Morgan fingerprint density at radius 2 is 2.17 bits per heavy atom. The molecule has 1 aliphatic heterocycles. The first kappa shape index (κ1) is 15.4. The monoisotopic (exact) mass is 328 g/mol. The molecule has 6 nitrogen and oxygen atoms in total. The minimum absolute atomic E-state index is 0.0259. The molecule has 4 rings (SSSR count). The topological polar surface area (TPSA) is 63.1 Å². The fourth-order valence-electron chi connectivity index (χ4n) is 3.92. The summed E-state index contributed by atoms with van der Waals surface area (Å²) < 4.78 is 8.05. The van der Waals surface area contributed by atoms with Gasteiger partial charge in [-0.3, -0.25) is 9.89 Å². The van der Waals surface area contributed by atoms with Crippen molar-refractivity contribution in [2.75, 3.05) is 19.7 Å². The predicted octanol–water partition coefficient (Wildman–Crippen LogP) is 2.59. The Labute approximate surface area is 141 Å². The quantitative estimate of drug-likeness (QED) is 0.921. The van der Waals surface area contributed by atoms with Crippen LogP contribution in [-0.4, -0.2) is 50.9 Å². The van der Waals surface area contributed by atoms with Gasteiger partial charge in [-0.15, -0.1) is 0 Å². The molecule has 1 aliphatic carbocycles. The third-order valence-electron chi connectivity index (χ3n) is 5.24. The van der Waals surface area contributed by atoms with E-state index in [-0.39, 0.29) is 11.5 Å². The summed E-state index contributed by atoms with van der Waals surface area (Å²) in [6, 6.07) is 3.84. The fourth-order valence-corrected chi connectivity index (χ4v) is 3.92. The lowest BCUT2D eigenvalue weighted by atomic mass is 9.83. The first-order valence-electron chi connectivity index (χ1n) is 8.76. The smallest absolute Gasteiger partial charge is 0.272 e. The second-order valence-electron chi connectivity index (χ2n) is 7.05. The molecule has 24 heavy (non-hydrogen) atoms. The van der Waals surface area contributed by atoms with E-state index in [1.807, 2.05) is 41.0 Å². The summed E-state index contributed by atoms with van der Waals surface area (Å²) in [6.07, 6.45) is 9.77. The summed E-state index contributed by atoms with van der Waals surface area (Å²) in [7, 11) is 1.97. The summed E-state index contributed by atoms with van der Waals surface area (Å²) in [6.45, 7) is 1.98. The van der Waals surface area contributed by atoms with E-state index in [4.69, 9.17) is 4.74 Å². The van der Waals surface area contributed by atoms with Crippen molar-refractivity contribution in [2.45, 2.75) is 37.7 Å². The van der Waals surface area contributed by atoms with Gasteiger partial charge < -0.3 is 14.2 Å². The Balaban J connectivity index is 1.50. The van der Waals surface area contributed by atoms with Crippen LogP contribution in [0, 0.1) is 0 Å². The van der Waals surface area contributed by atoms with Crippen molar-refractivity contribution in [1.82, 2.24) is 19.7 Å². The molecule has 0 aromatic carbocycles. The molecule has 0 unspecified atom stereocenters. The van der Waals surface area contributed by atoms with Crippen LogP contribution in [0.25, 0.3) is 11.3 Å². The second kappa shape index (κ2) is 6.09. The Hall–Kier alpha value is -2.08. The van der Waals surface area contributed by atoms with Crippen LogP contribution in [0.3, 0.4) is 0 Å². The molecule has 2 aromatic rings. The van der Waals surface area contributed by atoms with Gasteiger partial charge in [0.25, 0.3) is 5.91 Å². The molecular formula is C18H24N4O2. The number of amides is 1. The van der Waals surface area contributed by atoms with Crippen LogP contribution in [0.5, 0.6) is 0 Å². The van der Waals surface area contributed by atoms with Gasteiger partial charge in [0.05, 0.1) is 24.4 Å². The zero-order chi connectivity index (χ0) is 16.6. The van der Waals surface area contributed by atoms with Crippen molar-refractivity contribution >= 4 is 5.91 Å². The molecule has 1 spiro atoms. The molecule has 3 heterocycles. The van der Waals surface area contributed by atoms with Crippen LogP contribution < -0.4 is 0 Å². The SMILES string of the molecule is Cn1ccc(-c2cc(C(=O)N3CCOC4(CCCCC4)C3)[nH]n2)c1. The molecule has 1 amide bonds. The zero-order valence-corrected chi connectivity index (χ0v) is 14.1. The van der Waals surface area contributed by atoms with Crippen LogP contribution in [0.4, 0.5) is 0 Å². The number of hydrogen-bond acceptors (Lipinski definition) is 3. The van der Waals surface area contributed by atoms with E-state index in [0.29, 0.717) is 25.4 Å². The molecule has 1 saturated heterocycles. The van der Waals surface area contributed by atoms with Crippen molar-refractivity contribution in [3.8, 4) is 11.3 Å². The highest BCUT2D eigenvalue weighted by molar-refractivity contribution is 5.93. The molecule has 0 atom stereocenters. The third-order valence-corrected chi connectivity index (χ3v) is 5.24. The van der Waals surface area contributed by atoms with Gasteiger partial charge in [-0.2, -0.15) is 5.10 Å². The van der Waals surface area contributed by atoms with Gasteiger partial charge in [0.1, 0.15) is 5.69 Å². The van der Waals surface area contributed by atoms with Crippen molar-refractivity contribution in [2.24, 2.45) is 7.05 Å². The van der Waals surface area contributed by atoms with E-state index in [2.05, 4.69) is 10.2 Å². The second-order valence-corrected chi connectivity index (χ2v) is 7.05. The van der Waals surface area contributed by atoms with Gasteiger partial charge >= 0.3 is 0 Å². The van der Waals surface area contributed by atoms with Crippen LogP contribution in [0.15, 0.2) is 24.5 Å². The highest BCUT2D eigenvalue weighted by atomic mass is 16.5. The van der Waals surface area contributed by atoms with E-state index < -0.39 is 0 Å². The number of H-pyrrole nitrogens is 1. The molecule has 0 radical (unpaired) electrons. The number of carbonyl (C=O) groups is 1. The summed E-state index contributed by atoms with van der Waals surface area (Å²) in [4.78, 5) is 14.8. The third kappa shape index (κ3) is 2.86. The molecule has 6 heteroatoms. The van der Waals surface area contributed by atoms with Crippen molar-refractivity contribution in [1.29, 1.82) is 0 Å². The number of nitrogens with one attached hydrogen (secondary N) is 1. The van der Waals surface area contributed by atoms with E-state index in [0.717, 1.165) is 24.1 Å². The normalized spacial score (nSPS) is 20.5. The lowest BCUT2D eigenvalue weighted by Crippen LogP contribution is -2.54. The Morgan fingerprint density at radius 3 is 2.92 bits per heavy atom. The summed E-state index contributed by atoms with van der Waals surface area (Å²) in [5, 5.41) is 7.21. The lowest BCUT2D eigenvalue weighted by Gasteiger charge is -2.44. The van der Waals surface area contributed by atoms with Crippen LogP contribution in [-0.2, 0) is 11.8 Å². The van der Waals surface area contributed by atoms with E-state index in [9.17, 15) is 4.79 Å². The van der Waals surface area contributed by atoms with Crippen molar-refractivity contribution in [3.05, 3.63) is 30.2 Å². The molecule has 128 valence electrons. The molecular weight excluding hydrogens is 304 g/mol. The number of hydrogen-bond donors (Lipinski definition) is 1. The maximum absolute atomic E-state index is 12.9. The average Bonchev–Trinajstić information content (AvgIpc) is 3.24. The van der Waals surface area contributed by atoms with E-state index in [1.54, 1.807) is 0 Å². The van der Waals surface area contributed by atoms with Gasteiger partial charge in [0, 0.05) is 31.5 Å². The van der Waals surface area contributed by atoms with Crippen LogP contribution in [0.2, 0.25) is 0 Å². The van der Waals surface area contributed by atoms with E-state index in [1.165, 1.54) is 19.3 Å². The standard InChI is InChI=1S/C18H24N4O2/c1-21-8-5-14(12-21)15-11-16(20-19-15)17(23)22-9-10-24-18(13-22)6-3-2-4-7-18/h5,8,11-12H,2-4,6-7,9-10,13H2,1H3,(H,19,20). The maximum atomic E-state index is 12.9. The summed E-state index contributed by atoms with van der Waals surface area (Å²) in [5.74, 6) is 0.0259. The van der Waals surface area contributed by atoms with Gasteiger partial charge in [-0.05, 0) is 25.0 Å². The van der Waals surface area contributed by atoms with Crippen LogP contribution in [0.1, 0.15) is 42.6 Å². The Kier molecular flexibility index (Phi) is 3.92. The van der Waals surface area contributed by atoms with Crippen molar-refractivity contribution < 1.29 is 9.53 Å². The number of aryl methyl sites for hydroxylation is 1. The number of aromatic nitrogens is 3. The number of carbonyl (C=O) groups excluding carboxylic acids is 1. The molecule has 2 aromatic heterocycles.